The third-order valence-corrected chi connectivity index (χ3v) is 3.48. The summed E-state index contributed by atoms with van der Waals surface area (Å²) in [5, 5.41) is 14.3. The molecule has 3 rings (SSSR count). The van der Waals surface area contributed by atoms with Crippen LogP contribution in [0.5, 0.6) is 0 Å². The first kappa shape index (κ1) is 11.9. The van der Waals surface area contributed by atoms with Gasteiger partial charge in [-0.1, -0.05) is 6.07 Å². The number of hydrogen-bond donors (Lipinski definition) is 1. The zero-order chi connectivity index (χ0) is 13.1. The molecule has 1 aromatic carbocycles. The van der Waals surface area contributed by atoms with Crippen LogP contribution in [0, 0.1) is 0 Å². The van der Waals surface area contributed by atoms with E-state index in [-0.39, 0.29) is 5.91 Å². The van der Waals surface area contributed by atoms with Crippen molar-refractivity contribution in [3.05, 3.63) is 46.2 Å². The van der Waals surface area contributed by atoms with E-state index in [0.29, 0.717) is 24.0 Å². The molecule has 2 aromatic heterocycles. The van der Waals surface area contributed by atoms with Crippen LogP contribution in [0.1, 0.15) is 11.1 Å². The maximum Gasteiger partial charge on any atom is 0.224 e. The van der Waals surface area contributed by atoms with Crippen LogP contribution in [0.2, 0.25) is 0 Å². The average molecular weight is 273 g/mol. The van der Waals surface area contributed by atoms with Crippen LogP contribution in [0.4, 0.5) is 0 Å². The Balaban J connectivity index is 1.60. The predicted octanol–water partition coefficient (Wildman–Crippen LogP) is 2.14. The quantitative estimate of drug-likeness (QED) is 0.790. The molecule has 0 bridgehead atoms. The Hall–Kier alpha value is -2.21. The summed E-state index contributed by atoms with van der Waals surface area (Å²) in [5.41, 5.74) is 3.43. The van der Waals surface area contributed by atoms with Crippen molar-refractivity contribution in [1.29, 1.82) is 0 Å². The molecule has 0 atom stereocenters. The van der Waals surface area contributed by atoms with Crippen molar-refractivity contribution in [1.82, 2.24) is 15.6 Å². The maximum atomic E-state index is 11.7. The van der Waals surface area contributed by atoms with Crippen molar-refractivity contribution < 1.29 is 9.42 Å². The Kier molecular flexibility index (Phi) is 3.24. The standard InChI is InChI=1S/C13H11N3O2S/c17-13(6-10-3-4-19-8-10)14-7-9-1-2-11-12(5-9)16-18-15-11/h1-5,8H,6-7H2,(H,14,17). The van der Waals surface area contributed by atoms with Crippen molar-refractivity contribution in [3.63, 3.8) is 0 Å². The lowest BCUT2D eigenvalue weighted by Crippen LogP contribution is -2.24. The van der Waals surface area contributed by atoms with E-state index >= 15 is 0 Å². The number of rotatable bonds is 4. The number of nitrogens with one attached hydrogen (secondary N) is 1. The van der Waals surface area contributed by atoms with Gasteiger partial charge in [0.05, 0.1) is 6.42 Å². The van der Waals surface area contributed by atoms with E-state index in [4.69, 9.17) is 0 Å². The summed E-state index contributed by atoms with van der Waals surface area (Å²) in [6.07, 6.45) is 0.414. The second-order valence-corrected chi connectivity index (χ2v) is 4.95. The van der Waals surface area contributed by atoms with E-state index in [9.17, 15) is 4.79 Å². The molecule has 0 saturated carbocycles. The minimum Gasteiger partial charge on any atom is -0.352 e. The fraction of sp³-hybridized carbons (Fsp3) is 0.154. The number of hydrogen-bond acceptors (Lipinski definition) is 5. The van der Waals surface area contributed by atoms with E-state index in [2.05, 4.69) is 20.3 Å². The van der Waals surface area contributed by atoms with E-state index < -0.39 is 0 Å². The Labute approximate surface area is 113 Å². The lowest BCUT2D eigenvalue weighted by Gasteiger charge is -2.04. The number of fused-ring (bicyclic) bond motifs is 1. The highest BCUT2D eigenvalue weighted by molar-refractivity contribution is 7.07. The number of thiophene rings is 1. The molecule has 0 spiro atoms. The van der Waals surface area contributed by atoms with Gasteiger partial charge in [0.2, 0.25) is 5.91 Å². The van der Waals surface area contributed by atoms with Crippen LogP contribution in [0.3, 0.4) is 0 Å². The minimum absolute atomic E-state index is 0.0109. The van der Waals surface area contributed by atoms with Crippen LogP contribution in [-0.2, 0) is 17.8 Å². The molecule has 1 N–H and O–H groups in total. The van der Waals surface area contributed by atoms with Crippen LogP contribution >= 0.6 is 11.3 Å². The molecule has 0 unspecified atom stereocenters. The third kappa shape index (κ3) is 2.79. The molecule has 6 heteroatoms. The number of nitrogens with zero attached hydrogens (tertiary/aromatic N) is 2. The molecule has 0 radical (unpaired) electrons. The van der Waals surface area contributed by atoms with Gasteiger partial charge in [-0.25, -0.2) is 4.63 Å². The summed E-state index contributed by atoms with van der Waals surface area (Å²) >= 11 is 1.59. The largest absolute Gasteiger partial charge is 0.352 e. The van der Waals surface area contributed by atoms with Crippen LogP contribution in [0.25, 0.3) is 11.0 Å². The summed E-state index contributed by atoms with van der Waals surface area (Å²) in [5.74, 6) is 0.0109. The van der Waals surface area contributed by atoms with E-state index in [0.717, 1.165) is 11.1 Å². The Morgan fingerprint density at radius 3 is 2.95 bits per heavy atom. The first-order valence-corrected chi connectivity index (χ1v) is 6.74. The number of benzene rings is 1. The van der Waals surface area contributed by atoms with Crippen molar-refractivity contribution in [3.8, 4) is 0 Å². The molecular weight excluding hydrogens is 262 g/mol. The number of amides is 1. The number of aromatic nitrogens is 2. The molecule has 19 heavy (non-hydrogen) atoms. The lowest BCUT2D eigenvalue weighted by molar-refractivity contribution is -0.120. The normalized spacial score (nSPS) is 10.7. The zero-order valence-electron chi connectivity index (χ0n) is 10.00. The predicted molar refractivity (Wildman–Crippen MR) is 71.7 cm³/mol. The molecule has 0 aliphatic heterocycles. The van der Waals surface area contributed by atoms with Gasteiger partial charge in [0.25, 0.3) is 0 Å². The molecule has 0 aliphatic carbocycles. The minimum atomic E-state index is 0.0109. The van der Waals surface area contributed by atoms with Crippen LogP contribution in [-0.4, -0.2) is 16.2 Å². The second kappa shape index (κ2) is 5.19. The molecule has 0 aliphatic rings. The van der Waals surface area contributed by atoms with Gasteiger partial charge in [0.15, 0.2) is 0 Å². The first-order chi connectivity index (χ1) is 9.31. The van der Waals surface area contributed by atoms with Gasteiger partial charge < -0.3 is 5.32 Å². The summed E-state index contributed by atoms with van der Waals surface area (Å²) in [4.78, 5) is 11.7. The van der Waals surface area contributed by atoms with Gasteiger partial charge in [-0.3, -0.25) is 4.79 Å². The van der Waals surface area contributed by atoms with E-state index in [1.54, 1.807) is 11.3 Å². The van der Waals surface area contributed by atoms with Crippen LogP contribution < -0.4 is 5.32 Å². The van der Waals surface area contributed by atoms with Crippen molar-refractivity contribution in [2.24, 2.45) is 0 Å². The molecule has 1 amide bonds. The van der Waals surface area contributed by atoms with Crippen molar-refractivity contribution in [2.75, 3.05) is 0 Å². The summed E-state index contributed by atoms with van der Waals surface area (Å²) < 4.78 is 4.63. The lowest BCUT2D eigenvalue weighted by atomic mass is 10.2. The SMILES string of the molecule is O=C(Cc1ccsc1)NCc1ccc2nonc2c1. The highest BCUT2D eigenvalue weighted by Crippen LogP contribution is 2.11. The van der Waals surface area contributed by atoms with Gasteiger partial charge in [0, 0.05) is 6.54 Å². The van der Waals surface area contributed by atoms with Crippen molar-refractivity contribution in [2.45, 2.75) is 13.0 Å². The van der Waals surface area contributed by atoms with Crippen LogP contribution in [0.15, 0.2) is 39.7 Å². The Morgan fingerprint density at radius 2 is 2.11 bits per heavy atom. The number of carbonyl (C=O) groups is 1. The monoisotopic (exact) mass is 273 g/mol. The fourth-order valence-corrected chi connectivity index (χ4v) is 2.45. The Bertz CT molecular complexity index is 691. The summed E-state index contributed by atoms with van der Waals surface area (Å²) in [7, 11) is 0. The molecule has 2 heterocycles. The van der Waals surface area contributed by atoms with Crippen molar-refractivity contribution >= 4 is 28.3 Å². The van der Waals surface area contributed by atoms with Gasteiger partial charge in [0.1, 0.15) is 11.0 Å². The maximum absolute atomic E-state index is 11.7. The summed E-state index contributed by atoms with van der Waals surface area (Å²) in [6.45, 7) is 0.478. The molecular formula is C13H11N3O2S. The van der Waals surface area contributed by atoms with Gasteiger partial charge >= 0.3 is 0 Å². The fourth-order valence-electron chi connectivity index (χ4n) is 1.78. The molecule has 0 fully saturated rings. The molecule has 0 saturated heterocycles. The van der Waals surface area contributed by atoms with Gasteiger partial charge in [-0.05, 0) is 50.4 Å². The molecule has 3 aromatic rings. The van der Waals surface area contributed by atoms with Gasteiger partial charge in [-0.2, -0.15) is 11.3 Å². The van der Waals surface area contributed by atoms with E-state index in [1.807, 2.05) is 35.0 Å². The topological polar surface area (TPSA) is 68.0 Å². The number of carbonyl (C=O) groups excluding carboxylic acids is 1. The van der Waals surface area contributed by atoms with Gasteiger partial charge in [-0.15, -0.1) is 0 Å². The third-order valence-electron chi connectivity index (χ3n) is 2.75. The first-order valence-electron chi connectivity index (χ1n) is 5.80. The zero-order valence-corrected chi connectivity index (χ0v) is 10.8. The summed E-state index contributed by atoms with van der Waals surface area (Å²) in [6, 6.07) is 7.54. The average Bonchev–Trinajstić information content (AvgIpc) is 3.06. The molecule has 5 nitrogen and oxygen atoms in total. The highest BCUT2D eigenvalue weighted by atomic mass is 32.1. The van der Waals surface area contributed by atoms with E-state index in [1.165, 1.54) is 0 Å². The second-order valence-electron chi connectivity index (χ2n) is 4.17. The smallest absolute Gasteiger partial charge is 0.224 e. The highest BCUT2D eigenvalue weighted by Gasteiger charge is 2.05. The Morgan fingerprint density at radius 1 is 1.21 bits per heavy atom. The molecule has 96 valence electrons.